The lowest BCUT2D eigenvalue weighted by Crippen LogP contribution is -2.13. The zero-order valence-corrected chi connectivity index (χ0v) is 49.8. The van der Waals surface area contributed by atoms with Gasteiger partial charge in [-0.1, -0.05) is 0 Å². The lowest BCUT2D eigenvalue weighted by molar-refractivity contribution is -0.137. The average Bonchev–Trinajstić information content (AvgIpc) is 3.73. The number of ether oxygens (including phenoxy) is 12. The van der Waals surface area contributed by atoms with E-state index >= 15 is 0 Å². The second-order valence-electron chi connectivity index (χ2n) is 19.6. The van der Waals surface area contributed by atoms with Gasteiger partial charge in [0.15, 0.2) is 0 Å². The highest BCUT2D eigenvalue weighted by Crippen LogP contribution is 2.30. The van der Waals surface area contributed by atoms with Crippen molar-refractivity contribution in [1.82, 2.24) is 0 Å². The van der Waals surface area contributed by atoms with Gasteiger partial charge in [-0.15, -0.1) is 0 Å². The quantitative estimate of drug-likeness (QED) is 0.0210. The maximum absolute atomic E-state index is 13.1. The number of carbonyl (C=O) groups excluding carboxylic acids is 9. The van der Waals surface area contributed by atoms with Crippen LogP contribution in [0, 0.1) is 0 Å². The molecule has 7 aromatic rings. The Morgan fingerprint density at radius 3 is 0.589 bits per heavy atom. The van der Waals surface area contributed by atoms with Gasteiger partial charge < -0.3 is 56.8 Å². The molecule has 0 N–H and O–H groups in total. The van der Waals surface area contributed by atoms with Crippen LogP contribution in [-0.4, -0.2) is 73.5 Å². The molecule has 0 bridgehead atoms. The van der Waals surface area contributed by atoms with Gasteiger partial charge in [0, 0.05) is 56.7 Å². The van der Waals surface area contributed by atoms with Crippen LogP contribution >= 0.6 is 0 Å². The van der Waals surface area contributed by atoms with Gasteiger partial charge in [0.25, 0.3) is 0 Å². The third-order valence-electron chi connectivity index (χ3n) is 12.6. The van der Waals surface area contributed by atoms with Crippen molar-refractivity contribution in [2.75, 3.05) is 19.8 Å². The molecule has 0 fully saturated rings. The summed E-state index contributed by atoms with van der Waals surface area (Å²) in [6.45, 7) is 7.06. The Kier molecular flexibility index (Phi) is 26.0. The van der Waals surface area contributed by atoms with Gasteiger partial charge in [-0.05, 0) is 205 Å². The SMILES string of the molecule is CCOc1ccc(OC(=O)c2ccc(OC(=O)CCCCC(=O)Oc3cc(OC(=O)CCCCC(=O)Oc4ccc(C(=O)Oc5ccc(OCC)cc5)cc4)cc(OC(=O)CCCCC(=O)Oc4ccc(C(=O)Oc5ccc(OCC)cc5)cc4)c3)cc2)cc1. The Labute approximate surface area is 518 Å². The van der Waals surface area contributed by atoms with Crippen molar-refractivity contribution in [3.63, 3.8) is 0 Å². The number of hydrogen-bond donors (Lipinski definition) is 0. The summed E-state index contributed by atoms with van der Waals surface area (Å²) in [5.74, 6) is -2.61. The Hall–Kier alpha value is -10.8. The fraction of sp³-hybridized carbons (Fsp3) is 0.261. The zero-order valence-electron chi connectivity index (χ0n) is 49.8. The molecular formula is C69H66O21. The van der Waals surface area contributed by atoms with Gasteiger partial charge in [0.05, 0.1) is 36.5 Å². The van der Waals surface area contributed by atoms with E-state index in [0.717, 1.165) is 0 Å². The van der Waals surface area contributed by atoms with E-state index in [1.165, 1.54) is 91.0 Å². The predicted molar refractivity (Wildman–Crippen MR) is 323 cm³/mol. The molecule has 21 nitrogen and oxygen atoms in total. The van der Waals surface area contributed by atoms with E-state index in [-0.39, 0.29) is 128 Å². The molecule has 0 unspecified atom stereocenters. The van der Waals surface area contributed by atoms with Gasteiger partial charge in [0.1, 0.15) is 69.0 Å². The van der Waals surface area contributed by atoms with Gasteiger partial charge in [-0.25, -0.2) is 14.4 Å². The Morgan fingerprint density at radius 1 is 0.222 bits per heavy atom. The van der Waals surface area contributed by atoms with Crippen molar-refractivity contribution in [2.45, 2.75) is 97.8 Å². The molecule has 0 spiro atoms. The maximum Gasteiger partial charge on any atom is 0.343 e. The molecule has 0 saturated carbocycles. The first-order valence-electron chi connectivity index (χ1n) is 29.1. The van der Waals surface area contributed by atoms with E-state index < -0.39 is 53.7 Å². The van der Waals surface area contributed by atoms with Crippen LogP contribution in [0.2, 0.25) is 0 Å². The van der Waals surface area contributed by atoms with Crippen LogP contribution in [0.25, 0.3) is 0 Å². The topological polar surface area (TPSA) is 264 Å². The minimum atomic E-state index is -0.715. The molecule has 0 saturated heterocycles. The van der Waals surface area contributed by atoms with E-state index in [0.29, 0.717) is 54.3 Å². The molecule has 90 heavy (non-hydrogen) atoms. The highest BCUT2D eigenvalue weighted by Gasteiger charge is 2.18. The Bertz CT molecular complexity index is 3160. The average molecular weight is 1230 g/mol. The second-order valence-corrected chi connectivity index (χ2v) is 19.6. The van der Waals surface area contributed by atoms with Gasteiger partial charge in [-0.3, -0.25) is 28.8 Å². The molecule has 7 aromatic carbocycles. The largest absolute Gasteiger partial charge is 0.494 e. The van der Waals surface area contributed by atoms with E-state index in [2.05, 4.69) is 0 Å². The standard InChI is InChI=1S/C69H66O21/c1-4-79-49-31-37-55(38-32-49)88-67(76)46-19-25-52(26-20-46)82-61(70)13-7-10-16-64(73)85-58-43-59(86-65(74)17-11-8-14-62(71)83-53-27-21-47(22-28-53)68(77)89-56-39-33-50(34-40-56)80-5-2)45-60(44-58)87-66(75)18-12-9-15-63(72)84-54-29-23-48(24-30-54)69(78)90-57-41-35-51(36-42-57)81-6-3/h19-45H,4-18H2,1-3H3. The molecule has 0 amide bonds. The summed E-state index contributed by atoms with van der Waals surface area (Å²) in [6, 6.07) is 41.0. The summed E-state index contributed by atoms with van der Waals surface area (Å²) in [5.41, 5.74) is 0.689. The molecule has 468 valence electrons. The second kappa shape index (κ2) is 35.1. The number of rotatable bonds is 33. The molecule has 0 aliphatic rings. The van der Waals surface area contributed by atoms with Crippen LogP contribution in [0.4, 0.5) is 0 Å². The van der Waals surface area contributed by atoms with Crippen LogP contribution < -0.4 is 56.8 Å². The third-order valence-corrected chi connectivity index (χ3v) is 12.6. The van der Waals surface area contributed by atoms with Crippen molar-refractivity contribution in [3.8, 4) is 69.0 Å². The minimum Gasteiger partial charge on any atom is -0.494 e. The van der Waals surface area contributed by atoms with Gasteiger partial charge in [-0.2, -0.15) is 0 Å². The van der Waals surface area contributed by atoms with Crippen molar-refractivity contribution >= 4 is 53.7 Å². The van der Waals surface area contributed by atoms with E-state index in [1.54, 1.807) is 72.8 Å². The van der Waals surface area contributed by atoms with Crippen molar-refractivity contribution < 1.29 is 100.0 Å². The van der Waals surface area contributed by atoms with Gasteiger partial charge >= 0.3 is 53.7 Å². The number of unbranched alkanes of at least 4 members (excludes halogenated alkanes) is 3. The van der Waals surface area contributed by atoms with Crippen molar-refractivity contribution in [2.24, 2.45) is 0 Å². The first-order chi connectivity index (χ1) is 43.6. The monoisotopic (exact) mass is 1230 g/mol. The van der Waals surface area contributed by atoms with Crippen molar-refractivity contribution in [3.05, 3.63) is 180 Å². The highest BCUT2D eigenvalue weighted by atomic mass is 16.6. The van der Waals surface area contributed by atoms with Crippen molar-refractivity contribution in [1.29, 1.82) is 0 Å². The summed E-state index contributed by atoms with van der Waals surface area (Å²) in [7, 11) is 0. The lowest BCUT2D eigenvalue weighted by atomic mass is 10.2. The zero-order chi connectivity index (χ0) is 64.0. The fourth-order valence-corrected chi connectivity index (χ4v) is 8.22. The smallest absolute Gasteiger partial charge is 0.343 e. The molecule has 21 heteroatoms. The number of esters is 9. The number of benzene rings is 7. The minimum absolute atomic E-state index is 0.0521. The maximum atomic E-state index is 13.1. The molecule has 0 atom stereocenters. The molecule has 0 aromatic heterocycles. The molecule has 0 radical (unpaired) electrons. The molecular weight excluding hydrogens is 1160 g/mol. The van der Waals surface area contributed by atoms with E-state index in [9.17, 15) is 43.2 Å². The number of hydrogen-bond acceptors (Lipinski definition) is 21. The van der Waals surface area contributed by atoms with Gasteiger partial charge in [0.2, 0.25) is 0 Å². The fourth-order valence-electron chi connectivity index (χ4n) is 8.22. The number of carbonyl (C=O) groups is 9. The molecule has 0 aliphatic carbocycles. The highest BCUT2D eigenvalue weighted by molar-refractivity contribution is 5.93. The molecule has 7 rings (SSSR count). The van der Waals surface area contributed by atoms with E-state index in [4.69, 9.17) is 56.8 Å². The summed E-state index contributed by atoms with van der Waals surface area (Å²) >= 11 is 0. The summed E-state index contributed by atoms with van der Waals surface area (Å²) < 4.78 is 65.3. The lowest BCUT2D eigenvalue weighted by Gasteiger charge is -2.11. The van der Waals surface area contributed by atoms with E-state index in [1.807, 2.05) is 20.8 Å². The molecule has 0 heterocycles. The van der Waals surface area contributed by atoms with Crippen LogP contribution in [0.1, 0.15) is 129 Å². The van der Waals surface area contributed by atoms with Crippen LogP contribution in [0.5, 0.6) is 69.0 Å². The predicted octanol–water partition coefficient (Wildman–Crippen LogP) is 12.8. The Morgan fingerprint density at radius 2 is 0.389 bits per heavy atom. The Balaban J connectivity index is 0.856. The van der Waals surface area contributed by atoms with Crippen LogP contribution in [-0.2, 0) is 28.8 Å². The third kappa shape index (κ3) is 23.1. The molecule has 0 aliphatic heterocycles. The normalized spacial score (nSPS) is 10.6. The summed E-state index contributed by atoms with van der Waals surface area (Å²) in [5, 5.41) is 0. The summed E-state index contributed by atoms with van der Waals surface area (Å²) in [6.07, 6.45) is 0.792. The first-order valence-corrected chi connectivity index (χ1v) is 29.1. The van der Waals surface area contributed by atoms with Crippen LogP contribution in [0.15, 0.2) is 164 Å². The first kappa shape index (κ1) is 66.7. The van der Waals surface area contributed by atoms with Crippen LogP contribution in [0.3, 0.4) is 0 Å². The summed E-state index contributed by atoms with van der Waals surface area (Å²) in [4.78, 5) is 115.